The first kappa shape index (κ1) is 30.7. The lowest BCUT2D eigenvalue weighted by Gasteiger charge is -2.23. The molecule has 2 N–H and O–H groups in total. The van der Waals surface area contributed by atoms with Crippen LogP contribution in [0.5, 0.6) is 0 Å². The molecule has 0 saturated carbocycles. The third-order valence-corrected chi connectivity index (χ3v) is 7.94. The van der Waals surface area contributed by atoms with Crippen molar-refractivity contribution < 1.29 is 19.8 Å². The van der Waals surface area contributed by atoms with Gasteiger partial charge in [-0.15, -0.1) is 26.3 Å². The summed E-state index contributed by atoms with van der Waals surface area (Å²) in [5.41, 5.74) is 6.22. The Balaban J connectivity index is 1.87. The molecule has 0 heterocycles. The van der Waals surface area contributed by atoms with Crippen molar-refractivity contribution in [1.29, 1.82) is 0 Å². The van der Waals surface area contributed by atoms with Crippen LogP contribution in [-0.2, 0) is 12.8 Å². The highest BCUT2D eigenvalue weighted by molar-refractivity contribution is 6.21. The fraction of sp³-hybridized carbons (Fsp3) is 0.278. The van der Waals surface area contributed by atoms with Gasteiger partial charge in [-0.25, -0.2) is 9.59 Å². The topological polar surface area (TPSA) is 81.1 Å². The second kappa shape index (κ2) is 14.1. The molecular formula is C36H40N2O4. The Morgan fingerprint density at radius 3 is 1.79 bits per heavy atom. The first-order valence-corrected chi connectivity index (χ1v) is 14.5. The molecule has 0 spiro atoms. The zero-order valence-corrected chi connectivity index (χ0v) is 24.3. The fourth-order valence-electron chi connectivity index (χ4n) is 6.28. The standard InChI is InChI=1S/C36H40N2O4/c1-5-18-37(19-6-2)22-10-14-26-27(15-11-23-38(20-7-3)21-8-4)34(36(41)42)30-13-9-12-28-31-24-25(35(39)40)16-17-29(31)32(26)33(28)30/h5-9,12-13,16-17,24H,1-4,10-11,14-15,18-23H2,(H,39,40)(H,41,42). The monoisotopic (exact) mass is 564 g/mol. The van der Waals surface area contributed by atoms with Crippen LogP contribution in [0.25, 0.3) is 33.0 Å². The van der Waals surface area contributed by atoms with Crippen molar-refractivity contribution >= 4 is 22.7 Å². The zero-order chi connectivity index (χ0) is 30.2. The van der Waals surface area contributed by atoms with Crippen molar-refractivity contribution in [2.75, 3.05) is 39.3 Å². The molecule has 6 heteroatoms. The third kappa shape index (κ3) is 6.30. The molecule has 0 fully saturated rings. The van der Waals surface area contributed by atoms with E-state index in [1.165, 1.54) is 0 Å². The molecule has 0 aromatic heterocycles. The lowest BCUT2D eigenvalue weighted by atomic mass is 9.84. The third-order valence-electron chi connectivity index (χ3n) is 7.94. The molecule has 0 radical (unpaired) electrons. The van der Waals surface area contributed by atoms with E-state index in [9.17, 15) is 19.8 Å². The number of carboxylic acids is 2. The smallest absolute Gasteiger partial charge is 0.336 e. The molecule has 0 saturated heterocycles. The fourth-order valence-corrected chi connectivity index (χ4v) is 6.28. The van der Waals surface area contributed by atoms with Crippen LogP contribution in [0.1, 0.15) is 44.7 Å². The number of benzene rings is 3. The van der Waals surface area contributed by atoms with Crippen molar-refractivity contribution in [3.63, 3.8) is 0 Å². The number of carboxylic acid groups (broad SMARTS) is 2. The van der Waals surface area contributed by atoms with Gasteiger partial charge in [0.1, 0.15) is 0 Å². The summed E-state index contributed by atoms with van der Waals surface area (Å²) < 4.78 is 0. The molecule has 3 aromatic rings. The van der Waals surface area contributed by atoms with Crippen molar-refractivity contribution in [1.82, 2.24) is 9.80 Å². The molecule has 0 atom stereocenters. The van der Waals surface area contributed by atoms with Gasteiger partial charge in [0.15, 0.2) is 0 Å². The number of fused-ring (bicyclic) bond motifs is 3. The minimum atomic E-state index is -0.985. The van der Waals surface area contributed by atoms with E-state index in [0.717, 1.165) is 90.9 Å². The van der Waals surface area contributed by atoms with Crippen LogP contribution in [-0.4, -0.2) is 71.2 Å². The molecule has 1 aliphatic rings. The molecule has 0 aliphatic heterocycles. The summed E-state index contributed by atoms with van der Waals surface area (Å²) in [6.45, 7) is 20.1. The molecule has 1 aliphatic carbocycles. The van der Waals surface area contributed by atoms with E-state index in [4.69, 9.17) is 0 Å². The lowest BCUT2D eigenvalue weighted by Crippen LogP contribution is -2.26. The van der Waals surface area contributed by atoms with Crippen LogP contribution in [0, 0.1) is 0 Å². The van der Waals surface area contributed by atoms with Crippen LogP contribution in [0.2, 0.25) is 0 Å². The maximum atomic E-state index is 13.0. The van der Waals surface area contributed by atoms with Crippen LogP contribution in [0.15, 0.2) is 87.0 Å². The maximum Gasteiger partial charge on any atom is 0.336 e. The van der Waals surface area contributed by atoms with Gasteiger partial charge >= 0.3 is 11.9 Å². The molecule has 3 aromatic carbocycles. The Morgan fingerprint density at radius 2 is 1.26 bits per heavy atom. The predicted octanol–water partition coefficient (Wildman–Crippen LogP) is 7.10. The van der Waals surface area contributed by atoms with Crippen LogP contribution < -0.4 is 0 Å². The molecule has 218 valence electrons. The van der Waals surface area contributed by atoms with Crippen molar-refractivity contribution in [2.45, 2.75) is 25.7 Å². The molecule has 42 heavy (non-hydrogen) atoms. The van der Waals surface area contributed by atoms with Gasteiger partial charge in [-0.2, -0.15) is 0 Å². The number of carbonyl (C=O) groups is 2. The quantitative estimate of drug-likeness (QED) is 0.126. The predicted molar refractivity (Wildman–Crippen MR) is 173 cm³/mol. The number of aromatic carboxylic acids is 2. The Kier molecular flexibility index (Phi) is 10.3. The summed E-state index contributed by atoms with van der Waals surface area (Å²) >= 11 is 0. The van der Waals surface area contributed by atoms with E-state index in [2.05, 4.69) is 36.1 Å². The van der Waals surface area contributed by atoms with Crippen molar-refractivity contribution in [2.24, 2.45) is 0 Å². The molecule has 0 amide bonds. The van der Waals surface area contributed by atoms with Crippen molar-refractivity contribution in [3.8, 4) is 22.3 Å². The summed E-state index contributed by atoms with van der Waals surface area (Å²) in [7, 11) is 0. The van der Waals surface area contributed by atoms with E-state index in [-0.39, 0.29) is 5.56 Å². The van der Waals surface area contributed by atoms with Gasteiger partial charge in [0.25, 0.3) is 0 Å². The molecule has 0 unspecified atom stereocenters. The minimum Gasteiger partial charge on any atom is -0.478 e. The highest BCUT2D eigenvalue weighted by Gasteiger charge is 2.31. The van der Waals surface area contributed by atoms with E-state index < -0.39 is 11.9 Å². The average molecular weight is 565 g/mol. The van der Waals surface area contributed by atoms with Gasteiger partial charge in [0.05, 0.1) is 11.1 Å². The zero-order valence-electron chi connectivity index (χ0n) is 24.3. The van der Waals surface area contributed by atoms with E-state index in [0.29, 0.717) is 23.8 Å². The largest absolute Gasteiger partial charge is 0.478 e. The highest BCUT2D eigenvalue weighted by atomic mass is 16.4. The van der Waals surface area contributed by atoms with Gasteiger partial charge in [0, 0.05) is 26.2 Å². The maximum absolute atomic E-state index is 13.0. The molecular weight excluding hydrogens is 524 g/mol. The van der Waals surface area contributed by atoms with Crippen LogP contribution >= 0.6 is 0 Å². The minimum absolute atomic E-state index is 0.216. The first-order valence-electron chi connectivity index (χ1n) is 14.5. The lowest BCUT2D eigenvalue weighted by molar-refractivity contribution is 0.0686. The van der Waals surface area contributed by atoms with E-state index in [1.807, 2.05) is 48.6 Å². The average Bonchev–Trinajstić information content (AvgIpc) is 3.29. The summed E-state index contributed by atoms with van der Waals surface area (Å²) in [6, 6.07) is 11.0. The normalized spacial score (nSPS) is 11.6. The summed E-state index contributed by atoms with van der Waals surface area (Å²) in [6.07, 6.45) is 10.4. The van der Waals surface area contributed by atoms with Gasteiger partial charge in [-0.3, -0.25) is 9.80 Å². The summed E-state index contributed by atoms with van der Waals surface area (Å²) in [4.78, 5) is 29.3. The number of hydrogen-bond donors (Lipinski definition) is 2. The number of hydrogen-bond acceptors (Lipinski definition) is 4. The SMILES string of the molecule is C=CCN(CC=C)CCCc1c(CCCN(CC=C)CC=C)c2c3c(cccc3c1C(=O)O)-c1cc(C(=O)O)ccc1-2. The summed E-state index contributed by atoms with van der Waals surface area (Å²) in [5.74, 6) is -1.92. The Morgan fingerprint density at radius 1 is 0.690 bits per heavy atom. The van der Waals surface area contributed by atoms with Gasteiger partial charge in [-0.1, -0.05) is 48.6 Å². The Labute approximate surface area is 248 Å². The van der Waals surface area contributed by atoms with E-state index >= 15 is 0 Å². The van der Waals surface area contributed by atoms with Gasteiger partial charge in [-0.05, 0) is 95.1 Å². The molecule has 4 rings (SSSR count). The molecule has 6 nitrogen and oxygen atoms in total. The van der Waals surface area contributed by atoms with E-state index in [1.54, 1.807) is 12.1 Å². The summed E-state index contributed by atoms with van der Waals surface area (Å²) in [5, 5.41) is 21.9. The highest BCUT2D eigenvalue weighted by Crippen LogP contribution is 2.51. The van der Waals surface area contributed by atoms with Crippen molar-refractivity contribution in [3.05, 3.63) is 109 Å². The van der Waals surface area contributed by atoms with Crippen LogP contribution in [0.4, 0.5) is 0 Å². The number of rotatable bonds is 18. The Hall–Kier alpha value is -4.26. The Bertz CT molecular complexity index is 1520. The second-order valence-corrected chi connectivity index (χ2v) is 10.7. The second-order valence-electron chi connectivity index (χ2n) is 10.7. The van der Waals surface area contributed by atoms with Gasteiger partial charge in [0.2, 0.25) is 0 Å². The number of nitrogens with zero attached hydrogens (tertiary/aromatic N) is 2. The van der Waals surface area contributed by atoms with Gasteiger partial charge < -0.3 is 10.2 Å². The van der Waals surface area contributed by atoms with Crippen LogP contribution in [0.3, 0.4) is 0 Å². The first-order chi connectivity index (χ1) is 20.4. The molecule has 0 bridgehead atoms.